The lowest BCUT2D eigenvalue weighted by Gasteiger charge is -2.21. The molecule has 0 heterocycles. The first-order valence-corrected chi connectivity index (χ1v) is 7.29. The summed E-state index contributed by atoms with van der Waals surface area (Å²) in [6.07, 6.45) is 4.53. The molecule has 0 unspecified atom stereocenters. The van der Waals surface area contributed by atoms with Crippen LogP contribution in [0.25, 0.3) is 0 Å². The van der Waals surface area contributed by atoms with Crippen LogP contribution in [0.5, 0.6) is 0 Å². The van der Waals surface area contributed by atoms with Crippen molar-refractivity contribution >= 4 is 17.5 Å². The molecule has 0 spiro atoms. The second-order valence-corrected chi connectivity index (χ2v) is 6.30. The smallest absolute Gasteiger partial charge is 0.412 e. The van der Waals surface area contributed by atoms with Gasteiger partial charge >= 0.3 is 6.09 Å². The maximum Gasteiger partial charge on any atom is 0.412 e. The third kappa shape index (κ3) is 4.44. The first-order valence-electron chi connectivity index (χ1n) is 7.29. The summed E-state index contributed by atoms with van der Waals surface area (Å²) < 4.78 is 5.29. The van der Waals surface area contributed by atoms with Gasteiger partial charge < -0.3 is 10.1 Å². The molecule has 4 nitrogen and oxygen atoms in total. The summed E-state index contributed by atoms with van der Waals surface area (Å²) >= 11 is 0. The van der Waals surface area contributed by atoms with E-state index in [1.54, 1.807) is 0 Å². The van der Waals surface area contributed by atoms with Crippen molar-refractivity contribution in [1.29, 1.82) is 0 Å². The molecule has 1 aromatic rings. The molecule has 0 aromatic heterocycles. The third-order valence-electron chi connectivity index (χ3n) is 3.28. The van der Waals surface area contributed by atoms with Gasteiger partial charge in [-0.15, -0.1) is 0 Å². The van der Waals surface area contributed by atoms with Gasteiger partial charge in [-0.2, -0.15) is 0 Å². The van der Waals surface area contributed by atoms with Crippen LogP contribution in [0.1, 0.15) is 46.5 Å². The SMILES string of the molecule is CC(C)(C)OC(=O)Nc1ccccc1NC1CCCC1. The predicted octanol–water partition coefficient (Wildman–Crippen LogP) is 4.39. The molecule has 0 atom stereocenters. The molecule has 2 rings (SSSR count). The van der Waals surface area contributed by atoms with Crippen LogP contribution in [0.4, 0.5) is 16.2 Å². The van der Waals surface area contributed by atoms with E-state index in [2.05, 4.69) is 10.6 Å². The molecule has 0 saturated heterocycles. The summed E-state index contributed by atoms with van der Waals surface area (Å²) in [7, 11) is 0. The predicted molar refractivity (Wildman–Crippen MR) is 82.2 cm³/mol. The Balaban J connectivity index is 2.01. The molecule has 20 heavy (non-hydrogen) atoms. The fourth-order valence-corrected chi connectivity index (χ4v) is 2.42. The minimum Gasteiger partial charge on any atom is -0.444 e. The molecule has 0 radical (unpaired) electrons. The highest BCUT2D eigenvalue weighted by Crippen LogP contribution is 2.27. The van der Waals surface area contributed by atoms with Crippen molar-refractivity contribution in [3.8, 4) is 0 Å². The van der Waals surface area contributed by atoms with Crippen LogP contribution >= 0.6 is 0 Å². The highest BCUT2D eigenvalue weighted by Gasteiger charge is 2.19. The van der Waals surface area contributed by atoms with Crippen molar-refractivity contribution in [2.75, 3.05) is 10.6 Å². The highest BCUT2D eigenvalue weighted by molar-refractivity contribution is 5.89. The normalized spacial score (nSPS) is 15.9. The van der Waals surface area contributed by atoms with Crippen LogP contribution in [0.3, 0.4) is 0 Å². The molecule has 2 N–H and O–H groups in total. The van der Waals surface area contributed by atoms with Gasteiger partial charge in [0.05, 0.1) is 11.4 Å². The molecule has 1 aliphatic carbocycles. The monoisotopic (exact) mass is 276 g/mol. The van der Waals surface area contributed by atoms with Gasteiger partial charge in [-0.05, 0) is 45.7 Å². The Kier molecular flexibility index (Phi) is 4.53. The molecular weight excluding hydrogens is 252 g/mol. The number of amides is 1. The van der Waals surface area contributed by atoms with Crippen molar-refractivity contribution in [3.05, 3.63) is 24.3 Å². The van der Waals surface area contributed by atoms with E-state index in [4.69, 9.17) is 4.74 Å². The quantitative estimate of drug-likeness (QED) is 0.861. The van der Waals surface area contributed by atoms with E-state index >= 15 is 0 Å². The molecule has 1 amide bonds. The number of hydrogen-bond acceptors (Lipinski definition) is 3. The van der Waals surface area contributed by atoms with E-state index in [0.29, 0.717) is 6.04 Å². The Morgan fingerprint density at radius 2 is 1.75 bits per heavy atom. The fourth-order valence-electron chi connectivity index (χ4n) is 2.42. The van der Waals surface area contributed by atoms with Crippen molar-refractivity contribution in [2.45, 2.75) is 58.1 Å². The molecule has 0 bridgehead atoms. The third-order valence-corrected chi connectivity index (χ3v) is 3.28. The van der Waals surface area contributed by atoms with Crippen molar-refractivity contribution in [1.82, 2.24) is 0 Å². The van der Waals surface area contributed by atoms with Gasteiger partial charge in [0, 0.05) is 6.04 Å². The minimum atomic E-state index is -0.488. The van der Waals surface area contributed by atoms with Crippen LogP contribution in [-0.4, -0.2) is 17.7 Å². The Morgan fingerprint density at radius 1 is 1.15 bits per heavy atom. The highest BCUT2D eigenvalue weighted by atomic mass is 16.6. The number of anilines is 2. The van der Waals surface area contributed by atoms with Gasteiger partial charge in [0.15, 0.2) is 0 Å². The van der Waals surface area contributed by atoms with Crippen LogP contribution in [0.15, 0.2) is 24.3 Å². The van der Waals surface area contributed by atoms with E-state index < -0.39 is 11.7 Å². The van der Waals surface area contributed by atoms with E-state index in [1.165, 1.54) is 25.7 Å². The molecule has 4 heteroatoms. The zero-order valence-electron chi connectivity index (χ0n) is 12.5. The molecule has 0 aliphatic heterocycles. The first kappa shape index (κ1) is 14.7. The number of nitrogens with one attached hydrogen (secondary N) is 2. The summed E-state index contributed by atoms with van der Waals surface area (Å²) in [5, 5.41) is 6.32. The average molecular weight is 276 g/mol. The van der Waals surface area contributed by atoms with E-state index in [9.17, 15) is 4.79 Å². The number of benzene rings is 1. The van der Waals surface area contributed by atoms with Crippen LogP contribution < -0.4 is 10.6 Å². The summed E-state index contributed by atoms with van der Waals surface area (Å²) in [6, 6.07) is 8.27. The molecule has 1 aliphatic rings. The Labute approximate surface area is 120 Å². The van der Waals surface area contributed by atoms with E-state index in [-0.39, 0.29) is 0 Å². The Bertz CT molecular complexity index is 460. The van der Waals surface area contributed by atoms with Crippen molar-refractivity contribution in [3.63, 3.8) is 0 Å². The van der Waals surface area contributed by atoms with Gasteiger partial charge in [-0.25, -0.2) is 4.79 Å². The van der Waals surface area contributed by atoms with Crippen molar-refractivity contribution < 1.29 is 9.53 Å². The van der Waals surface area contributed by atoms with Gasteiger partial charge in [-0.1, -0.05) is 25.0 Å². The second-order valence-electron chi connectivity index (χ2n) is 6.30. The van der Waals surface area contributed by atoms with Gasteiger partial charge in [0.1, 0.15) is 5.60 Å². The number of rotatable bonds is 3. The van der Waals surface area contributed by atoms with E-state index in [0.717, 1.165) is 11.4 Å². The van der Waals surface area contributed by atoms with Gasteiger partial charge in [0.2, 0.25) is 0 Å². The van der Waals surface area contributed by atoms with E-state index in [1.807, 2.05) is 45.0 Å². The Morgan fingerprint density at radius 3 is 2.35 bits per heavy atom. The molecule has 1 saturated carbocycles. The fraction of sp³-hybridized carbons (Fsp3) is 0.562. The maximum absolute atomic E-state index is 11.9. The topological polar surface area (TPSA) is 50.4 Å². The first-order chi connectivity index (χ1) is 9.44. The zero-order chi connectivity index (χ0) is 14.6. The largest absolute Gasteiger partial charge is 0.444 e. The molecule has 110 valence electrons. The summed E-state index contributed by atoms with van der Waals surface area (Å²) in [6.45, 7) is 5.57. The molecule has 1 aromatic carbocycles. The second kappa shape index (κ2) is 6.16. The number of carbonyl (C=O) groups is 1. The number of hydrogen-bond donors (Lipinski definition) is 2. The summed E-state index contributed by atoms with van der Waals surface area (Å²) in [5.74, 6) is 0. The molecular formula is C16H24N2O2. The van der Waals surface area contributed by atoms with Crippen LogP contribution in [0, 0.1) is 0 Å². The van der Waals surface area contributed by atoms with Crippen LogP contribution in [0.2, 0.25) is 0 Å². The maximum atomic E-state index is 11.9. The summed E-state index contributed by atoms with van der Waals surface area (Å²) in [5.41, 5.74) is 1.25. The van der Waals surface area contributed by atoms with Crippen molar-refractivity contribution in [2.24, 2.45) is 0 Å². The lowest BCUT2D eigenvalue weighted by Crippen LogP contribution is -2.27. The van der Waals surface area contributed by atoms with Gasteiger partial charge in [0.25, 0.3) is 0 Å². The minimum absolute atomic E-state index is 0.418. The molecule has 1 fully saturated rings. The Hall–Kier alpha value is -1.71. The lowest BCUT2D eigenvalue weighted by atomic mass is 10.2. The average Bonchev–Trinajstić information content (AvgIpc) is 2.82. The number of para-hydroxylation sites is 2. The lowest BCUT2D eigenvalue weighted by molar-refractivity contribution is 0.0636. The van der Waals surface area contributed by atoms with Crippen LogP contribution in [-0.2, 0) is 4.74 Å². The van der Waals surface area contributed by atoms with Gasteiger partial charge in [-0.3, -0.25) is 5.32 Å². The number of carbonyl (C=O) groups excluding carboxylic acids is 1. The zero-order valence-corrected chi connectivity index (χ0v) is 12.5. The number of ether oxygens (including phenoxy) is 1. The summed E-state index contributed by atoms with van der Waals surface area (Å²) in [4.78, 5) is 11.9. The standard InChI is InChI=1S/C16H24N2O2/c1-16(2,3)20-15(19)18-14-11-7-6-10-13(14)17-12-8-4-5-9-12/h6-7,10-12,17H,4-5,8-9H2,1-3H3,(H,18,19).